The van der Waals surface area contributed by atoms with Gasteiger partial charge in [-0.15, -0.1) is 0 Å². The van der Waals surface area contributed by atoms with Gasteiger partial charge < -0.3 is 10.7 Å². The molecule has 6 nitrogen and oxygen atoms in total. The van der Waals surface area contributed by atoms with E-state index in [1.165, 1.54) is 0 Å². The van der Waals surface area contributed by atoms with Gasteiger partial charge in [0.05, 0.1) is 12.0 Å². The predicted molar refractivity (Wildman–Crippen MR) is 73.1 cm³/mol. The minimum absolute atomic E-state index is 0.152. The van der Waals surface area contributed by atoms with E-state index in [1.807, 2.05) is 0 Å². The maximum atomic E-state index is 12.2. The van der Waals surface area contributed by atoms with E-state index in [9.17, 15) is 8.42 Å². The maximum Gasteiger partial charge on any atom is 0.242 e. The standard InChI is InChI=1S/C12H16N4O2S/c1-9-3-2-4-11(13)12(9)19(17,18)16-6-5-10-7-14-8-15-10/h2-4,7-8,16H,5-6,13H2,1H3,(H,14,15). The molecule has 4 N–H and O–H groups in total. The molecule has 7 heteroatoms. The molecule has 102 valence electrons. The van der Waals surface area contributed by atoms with Crippen molar-refractivity contribution in [2.45, 2.75) is 18.2 Å². The van der Waals surface area contributed by atoms with E-state index in [4.69, 9.17) is 5.73 Å². The number of nitrogen functional groups attached to an aromatic ring is 1. The zero-order chi connectivity index (χ0) is 13.9. The van der Waals surface area contributed by atoms with Gasteiger partial charge in [-0.2, -0.15) is 0 Å². The molecule has 0 aliphatic heterocycles. The molecule has 0 fully saturated rings. The minimum Gasteiger partial charge on any atom is -0.398 e. The van der Waals surface area contributed by atoms with E-state index in [0.29, 0.717) is 12.0 Å². The fourth-order valence-corrected chi connectivity index (χ4v) is 3.24. The van der Waals surface area contributed by atoms with E-state index >= 15 is 0 Å². The molecule has 0 atom stereocenters. The Labute approximate surface area is 112 Å². The number of H-pyrrole nitrogens is 1. The van der Waals surface area contributed by atoms with Crippen molar-refractivity contribution in [2.24, 2.45) is 0 Å². The fraction of sp³-hybridized carbons (Fsp3) is 0.250. The SMILES string of the molecule is Cc1cccc(N)c1S(=O)(=O)NCCc1cnc[nH]1. The molecule has 0 aliphatic carbocycles. The highest BCUT2D eigenvalue weighted by Gasteiger charge is 2.19. The van der Waals surface area contributed by atoms with Crippen molar-refractivity contribution >= 4 is 15.7 Å². The third-order valence-electron chi connectivity index (χ3n) is 2.75. The van der Waals surface area contributed by atoms with E-state index in [1.54, 1.807) is 37.6 Å². The van der Waals surface area contributed by atoms with Crippen molar-refractivity contribution in [3.63, 3.8) is 0 Å². The monoisotopic (exact) mass is 280 g/mol. The highest BCUT2D eigenvalue weighted by atomic mass is 32.2. The van der Waals surface area contributed by atoms with Crippen molar-refractivity contribution < 1.29 is 8.42 Å². The first-order valence-corrected chi connectivity index (χ1v) is 7.31. The summed E-state index contributed by atoms with van der Waals surface area (Å²) >= 11 is 0. The number of aromatic nitrogens is 2. The molecule has 2 rings (SSSR count). The zero-order valence-corrected chi connectivity index (χ0v) is 11.4. The number of benzene rings is 1. The average Bonchev–Trinajstić information content (AvgIpc) is 2.81. The lowest BCUT2D eigenvalue weighted by Gasteiger charge is -2.11. The van der Waals surface area contributed by atoms with Crippen LogP contribution in [0.4, 0.5) is 5.69 Å². The number of imidazole rings is 1. The lowest BCUT2D eigenvalue weighted by Crippen LogP contribution is -2.27. The highest BCUT2D eigenvalue weighted by molar-refractivity contribution is 7.89. The summed E-state index contributed by atoms with van der Waals surface area (Å²) in [5.74, 6) is 0. The third-order valence-corrected chi connectivity index (χ3v) is 4.43. The molecule has 1 heterocycles. The Kier molecular flexibility index (Phi) is 3.87. The summed E-state index contributed by atoms with van der Waals surface area (Å²) in [5, 5.41) is 0. The van der Waals surface area contributed by atoms with Crippen molar-refractivity contribution in [1.82, 2.24) is 14.7 Å². The van der Waals surface area contributed by atoms with Gasteiger partial charge >= 0.3 is 0 Å². The van der Waals surface area contributed by atoms with E-state index in [-0.39, 0.29) is 17.1 Å². The lowest BCUT2D eigenvalue weighted by molar-refractivity contribution is 0.581. The second-order valence-corrected chi connectivity index (χ2v) is 5.92. The summed E-state index contributed by atoms with van der Waals surface area (Å²) in [5.41, 5.74) is 7.51. The molecular weight excluding hydrogens is 264 g/mol. The number of nitrogens with zero attached hydrogens (tertiary/aromatic N) is 1. The van der Waals surface area contributed by atoms with Crippen LogP contribution in [0.3, 0.4) is 0 Å². The number of anilines is 1. The quantitative estimate of drug-likeness (QED) is 0.706. The molecule has 0 saturated carbocycles. The summed E-state index contributed by atoms with van der Waals surface area (Å²) < 4.78 is 26.9. The Bertz CT molecular complexity index is 630. The number of aromatic amines is 1. The van der Waals surface area contributed by atoms with Gasteiger partial charge in [-0.3, -0.25) is 0 Å². The van der Waals surface area contributed by atoms with Gasteiger partial charge in [0.2, 0.25) is 10.0 Å². The number of aryl methyl sites for hydroxylation is 1. The Morgan fingerprint density at radius 3 is 2.84 bits per heavy atom. The van der Waals surface area contributed by atoms with Gasteiger partial charge in [-0.1, -0.05) is 12.1 Å². The molecule has 1 aromatic carbocycles. The van der Waals surface area contributed by atoms with E-state index in [2.05, 4.69) is 14.7 Å². The average molecular weight is 280 g/mol. The maximum absolute atomic E-state index is 12.2. The molecule has 0 radical (unpaired) electrons. The van der Waals surface area contributed by atoms with Crippen LogP contribution in [-0.4, -0.2) is 24.9 Å². The Hall–Kier alpha value is -1.86. The number of hydrogen-bond acceptors (Lipinski definition) is 4. The van der Waals surface area contributed by atoms with Crippen LogP contribution in [0.5, 0.6) is 0 Å². The summed E-state index contributed by atoms with van der Waals surface area (Å²) in [6.07, 6.45) is 3.77. The number of nitrogens with one attached hydrogen (secondary N) is 2. The van der Waals surface area contributed by atoms with Crippen molar-refractivity contribution in [1.29, 1.82) is 0 Å². The molecule has 0 unspecified atom stereocenters. The number of hydrogen-bond donors (Lipinski definition) is 3. The van der Waals surface area contributed by atoms with Crippen molar-refractivity contribution in [3.05, 3.63) is 42.0 Å². The molecule has 0 saturated heterocycles. The summed E-state index contributed by atoms with van der Waals surface area (Å²) in [7, 11) is -3.58. The van der Waals surface area contributed by atoms with E-state index in [0.717, 1.165) is 5.69 Å². The topological polar surface area (TPSA) is 101 Å². The van der Waals surface area contributed by atoms with Crippen LogP contribution in [-0.2, 0) is 16.4 Å². The largest absolute Gasteiger partial charge is 0.398 e. The molecule has 0 bridgehead atoms. The molecule has 19 heavy (non-hydrogen) atoms. The lowest BCUT2D eigenvalue weighted by atomic mass is 10.2. The summed E-state index contributed by atoms with van der Waals surface area (Å²) in [4.78, 5) is 6.94. The first kappa shape index (κ1) is 13.6. The van der Waals surface area contributed by atoms with E-state index < -0.39 is 10.0 Å². The molecule has 0 spiro atoms. The third kappa shape index (κ3) is 3.12. The fourth-order valence-electron chi connectivity index (χ4n) is 1.86. The van der Waals surface area contributed by atoms with Crippen molar-refractivity contribution in [2.75, 3.05) is 12.3 Å². The number of sulfonamides is 1. The van der Waals surface area contributed by atoms with Crippen LogP contribution >= 0.6 is 0 Å². The normalized spacial score (nSPS) is 11.6. The predicted octanol–water partition coefficient (Wildman–Crippen LogP) is 0.821. The molecule has 1 aromatic heterocycles. The summed E-state index contributed by atoms with van der Waals surface area (Å²) in [6.45, 7) is 2.01. The van der Waals surface area contributed by atoms with Gasteiger partial charge in [-0.05, 0) is 18.6 Å². The van der Waals surface area contributed by atoms with Crippen LogP contribution < -0.4 is 10.5 Å². The van der Waals surface area contributed by atoms with Gasteiger partial charge in [0.15, 0.2) is 0 Å². The van der Waals surface area contributed by atoms with Crippen LogP contribution in [0.25, 0.3) is 0 Å². The summed E-state index contributed by atoms with van der Waals surface area (Å²) in [6, 6.07) is 5.03. The minimum atomic E-state index is -3.58. The number of nitrogens with two attached hydrogens (primary N) is 1. The molecule has 0 amide bonds. The second kappa shape index (κ2) is 5.41. The second-order valence-electron chi connectivity index (χ2n) is 4.22. The molecular formula is C12H16N4O2S. The van der Waals surface area contributed by atoms with Gasteiger partial charge in [0.1, 0.15) is 4.90 Å². The van der Waals surface area contributed by atoms with Crippen LogP contribution in [0.2, 0.25) is 0 Å². The first-order chi connectivity index (χ1) is 9.00. The first-order valence-electron chi connectivity index (χ1n) is 5.83. The van der Waals surface area contributed by atoms with Crippen LogP contribution in [0, 0.1) is 6.92 Å². The van der Waals surface area contributed by atoms with Gasteiger partial charge in [0.25, 0.3) is 0 Å². The zero-order valence-electron chi connectivity index (χ0n) is 10.6. The Morgan fingerprint density at radius 1 is 1.42 bits per heavy atom. The number of rotatable bonds is 5. The van der Waals surface area contributed by atoms with Crippen LogP contribution in [0.15, 0.2) is 35.6 Å². The van der Waals surface area contributed by atoms with Crippen molar-refractivity contribution in [3.8, 4) is 0 Å². The van der Waals surface area contributed by atoms with Gasteiger partial charge in [-0.25, -0.2) is 18.1 Å². The smallest absolute Gasteiger partial charge is 0.242 e. The Morgan fingerprint density at radius 2 is 2.21 bits per heavy atom. The highest BCUT2D eigenvalue weighted by Crippen LogP contribution is 2.21. The molecule has 0 aliphatic rings. The van der Waals surface area contributed by atoms with Gasteiger partial charge in [0, 0.05) is 24.9 Å². The molecule has 2 aromatic rings. The van der Waals surface area contributed by atoms with Crippen LogP contribution in [0.1, 0.15) is 11.3 Å². The Balaban J connectivity index is 2.10.